The van der Waals surface area contributed by atoms with Crippen LogP contribution in [-0.2, 0) is 11.2 Å². The van der Waals surface area contributed by atoms with Crippen molar-refractivity contribution in [2.24, 2.45) is 5.41 Å². The first kappa shape index (κ1) is 21.9. The molecule has 0 spiro atoms. The van der Waals surface area contributed by atoms with Crippen molar-refractivity contribution in [1.29, 1.82) is 0 Å². The van der Waals surface area contributed by atoms with Gasteiger partial charge in [0.25, 0.3) is 5.69 Å². The van der Waals surface area contributed by atoms with E-state index in [2.05, 4.69) is 10.2 Å². The van der Waals surface area contributed by atoms with Gasteiger partial charge in [0.2, 0.25) is 11.8 Å². The highest BCUT2D eigenvalue weighted by Gasteiger charge is 2.31. The molecule has 0 bridgehead atoms. The Bertz CT molecular complexity index is 1060. The van der Waals surface area contributed by atoms with Crippen LogP contribution in [0.15, 0.2) is 52.9 Å². The van der Waals surface area contributed by atoms with Crippen LogP contribution in [-0.4, -0.2) is 27.4 Å². The van der Waals surface area contributed by atoms with E-state index in [-0.39, 0.29) is 35.5 Å². The summed E-state index contributed by atoms with van der Waals surface area (Å²) in [6, 6.07) is 10.7. The molecule has 9 nitrogen and oxygen atoms in total. The maximum absolute atomic E-state index is 13.1. The Hall–Kier alpha value is -3.82. The number of aromatic nitrogens is 2. The molecule has 1 heterocycles. The highest BCUT2D eigenvalue weighted by atomic mass is 19.1. The largest absolute Gasteiger partial charge is 0.514 e. The summed E-state index contributed by atoms with van der Waals surface area (Å²) >= 11 is 0. The van der Waals surface area contributed by atoms with Crippen LogP contribution in [0.3, 0.4) is 0 Å². The molecule has 0 radical (unpaired) electrons. The molecule has 0 aliphatic rings. The topological polar surface area (TPSA) is 118 Å². The minimum atomic E-state index is -0.966. The van der Waals surface area contributed by atoms with E-state index in [1.165, 1.54) is 48.5 Å². The van der Waals surface area contributed by atoms with Crippen molar-refractivity contribution >= 4 is 11.8 Å². The molecule has 0 N–H and O–H groups in total. The molecule has 0 saturated carbocycles. The van der Waals surface area contributed by atoms with Crippen LogP contribution in [0.1, 0.15) is 26.7 Å². The third kappa shape index (κ3) is 5.84. The lowest BCUT2D eigenvalue weighted by molar-refractivity contribution is -0.384. The Labute approximate surface area is 177 Å². The first-order valence-electron chi connectivity index (χ1n) is 9.33. The maximum Gasteiger partial charge on any atom is 0.514 e. The van der Waals surface area contributed by atoms with E-state index < -0.39 is 22.6 Å². The summed E-state index contributed by atoms with van der Waals surface area (Å²) < 4.78 is 29.3. The minimum absolute atomic E-state index is 0.111. The van der Waals surface area contributed by atoms with Gasteiger partial charge in [-0.05, 0) is 41.8 Å². The molecule has 0 fully saturated rings. The zero-order valence-corrected chi connectivity index (χ0v) is 17.1. The molecular weight excluding hydrogens is 409 g/mol. The zero-order valence-electron chi connectivity index (χ0n) is 17.1. The summed E-state index contributed by atoms with van der Waals surface area (Å²) in [7, 11) is 0. The number of carbonyl (C=O) groups is 1. The van der Waals surface area contributed by atoms with Crippen molar-refractivity contribution in [3.63, 3.8) is 0 Å². The van der Waals surface area contributed by atoms with E-state index in [1.807, 2.05) is 20.8 Å². The predicted molar refractivity (Wildman–Crippen MR) is 107 cm³/mol. The third-order valence-corrected chi connectivity index (χ3v) is 4.37. The van der Waals surface area contributed by atoms with Crippen LogP contribution >= 0.6 is 0 Å². The Balaban J connectivity index is 1.67. The van der Waals surface area contributed by atoms with Gasteiger partial charge in [-0.25, -0.2) is 9.18 Å². The summed E-state index contributed by atoms with van der Waals surface area (Å²) in [5.41, 5.74) is -0.0495. The molecular formula is C21H20FN3O6. The van der Waals surface area contributed by atoms with E-state index in [9.17, 15) is 19.3 Å². The smallest absolute Gasteiger partial charge is 0.430 e. The average Bonchev–Trinajstić information content (AvgIpc) is 3.16. The van der Waals surface area contributed by atoms with Gasteiger partial charge < -0.3 is 13.9 Å². The van der Waals surface area contributed by atoms with Gasteiger partial charge in [-0.3, -0.25) is 10.1 Å². The van der Waals surface area contributed by atoms with Crippen LogP contribution in [0.25, 0.3) is 11.5 Å². The number of non-ortho nitro benzene ring substituents is 1. The standard InChI is InChI=1S/C21H20FN3O6/c1-21(2,3)17(30-20(26)29-16-10-8-15(9-11-16)25(27)28)12-18-23-24-19(31-18)13-4-6-14(22)7-5-13/h4-11,17H,12H2,1-3H3. The van der Waals surface area contributed by atoms with Crippen molar-refractivity contribution in [3.8, 4) is 17.2 Å². The third-order valence-electron chi connectivity index (χ3n) is 4.37. The van der Waals surface area contributed by atoms with Gasteiger partial charge in [0.05, 0.1) is 11.3 Å². The number of hydrogen-bond donors (Lipinski definition) is 0. The number of ether oxygens (including phenoxy) is 2. The number of benzene rings is 2. The molecule has 1 atom stereocenters. The fourth-order valence-corrected chi connectivity index (χ4v) is 2.60. The van der Waals surface area contributed by atoms with E-state index in [4.69, 9.17) is 13.9 Å². The van der Waals surface area contributed by atoms with Crippen molar-refractivity contribution < 1.29 is 28.0 Å². The molecule has 3 rings (SSSR count). The van der Waals surface area contributed by atoms with Crippen LogP contribution in [0.4, 0.5) is 14.9 Å². The Morgan fingerprint density at radius 3 is 2.35 bits per heavy atom. The summed E-state index contributed by atoms with van der Waals surface area (Å²) in [6.07, 6.45) is -1.50. The molecule has 162 valence electrons. The van der Waals surface area contributed by atoms with Crippen LogP contribution in [0, 0.1) is 21.3 Å². The monoisotopic (exact) mass is 429 g/mol. The maximum atomic E-state index is 13.1. The number of nitro benzene ring substituents is 1. The first-order chi connectivity index (χ1) is 14.6. The average molecular weight is 429 g/mol. The summed E-state index contributed by atoms with van der Waals surface area (Å²) in [4.78, 5) is 22.4. The fourth-order valence-electron chi connectivity index (χ4n) is 2.60. The lowest BCUT2D eigenvalue weighted by atomic mass is 9.87. The van der Waals surface area contributed by atoms with Gasteiger partial charge in [0.15, 0.2) is 0 Å². The number of nitrogens with zero attached hydrogens (tertiary/aromatic N) is 3. The van der Waals surface area contributed by atoms with E-state index in [1.54, 1.807) is 0 Å². The lowest BCUT2D eigenvalue weighted by Crippen LogP contribution is -2.34. The minimum Gasteiger partial charge on any atom is -0.430 e. The summed E-state index contributed by atoms with van der Waals surface area (Å²) in [5, 5.41) is 18.6. The molecule has 0 saturated heterocycles. The van der Waals surface area contributed by atoms with E-state index >= 15 is 0 Å². The normalized spacial score (nSPS) is 12.3. The second kappa shape index (κ2) is 8.90. The molecule has 10 heteroatoms. The summed E-state index contributed by atoms with van der Waals surface area (Å²) in [5.74, 6) is 0.189. The van der Waals surface area contributed by atoms with Gasteiger partial charge in [-0.15, -0.1) is 10.2 Å². The highest BCUT2D eigenvalue weighted by Crippen LogP contribution is 2.27. The van der Waals surface area contributed by atoms with Gasteiger partial charge in [0, 0.05) is 17.7 Å². The summed E-state index contributed by atoms with van der Waals surface area (Å²) in [6.45, 7) is 5.61. The predicted octanol–water partition coefficient (Wildman–Crippen LogP) is 4.96. The molecule has 0 aliphatic carbocycles. The second-order valence-corrected chi connectivity index (χ2v) is 7.79. The molecule has 1 aromatic heterocycles. The molecule has 31 heavy (non-hydrogen) atoms. The van der Waals surface area contributed by atoms with Gasteiger partial charge >= 0.3 is 6.16 Å². The molecule has 0 aliphatic heterocycles. The number of halogens is 1. The number of nitro groups is 1. The lowest BCUT2D eigenvalue weighted by Gasteiger charge is -2.28. The quantitative estimate of drug-likeness (QED) is 0.234. The van der Waals surface area contributed by atoms with Crippen LogP contribution in [0.5, 0.6) is 5.75 Å². The number of rotatable bonds is 6. The van der Waals surface area contributed by atoms with Crippen molar-refractivity contribution in [2.45, 2.75) is 33.3 Å². The van der Waals surface area contributed by atoms with E-state index in [0.29, 0.717) is 5.56 Å². The Morgan fingerprint density at radius 1 is 1.13 bits per heavy atom. The van der Waals surface area contributed by atoms with Gasteiger partial charge in [-0.2, -0.15) is 0 Å². The van der Waals surface area contributed by atoms with Gasteiger partial charge in [0.1, 0.15) is 17.7 Å². The second-order valence-electron chi connectivity index (χ2n) is 7.79. The zero-order chi connectivity index (χ0) is 22.6. The Kier molecular flexibility index (Phi) is 6.28. The van der Waals surface area contributed by atoms with Crippen LogP contribution < -0.4 is 4.74 Å². The highest BCUT2D eigenvalue weighted by molar-refractivity contribution is 5.64. The molecule has 2 aromatic carbocycles. The van der Waals surface area contributed by atoms with Crippen molar-refractivity contribution in [3.05, 3.63) is 70.4 Å². The number of carbonyl (C=O) groups excluding carboxylic acids is 1. The van der Waals surface area contributed by atoms with Gasteiger partial charge in [-0.1, -0.05) is 20.8 Å². The Morgan fingerprint density at radius 2 is 1.77 bits per heavy atom. The van der Waals surface area contributed by atoms with Crippen molar-refractivity contribution in [1.82, 2.24) is 10.2 Å². The fraction of sp³-hybridized carbons (Fsp3) is 0.286. The molecule has 0 amide bonds. The molecule has 1 unspecified atom stereocenters. The number of hydrogen-bond acceptors (Lipinski definition) is 8. The molecule has 3 aromatic rings. The van der Waals surface area contributed by atoms with Crippen molar-refractivity contribution in [2.75, 3.05) is 0 Å². The SMILES string of the molecule is CC(C)(C)C(Cc1nnc(-c2ccc(F)cc2)o1)OC(=O)Oc1ccc([N+](=O)[O-])cc1. The van der Waals surface area contributed by atoms with E-state index in [0.717, 1.165) is 0 Å². The van der Waals surface area contributed by atoms with Crippen LogP contribution in [0.2, 0.25) is 0 Å². The first-order valence-corrected chi connectivity index (χ1v) is 9.33.